The molecule has 1 aliphatic carbocycles. The smallest absolute Gasteiger partial charge is 0.257 e. The normalized spacial score (nSPS) is 15.0. The van der Waals surface area contributed by atoms with Crippen molar-refractivity contribution in [3.63, 3.8) is 0 Å². The van der Waals surface area contributed by atoms with E-state index in [1.54, 1.807) is 37.7 Å². The summed E-state index contributed by atoms with van der Waals surface area (Å²) in [4.78, 5) is 19.8. The molecule has 0 aliphatic heterocycles. The second kappa shape index (κ2) is 10.1. The Morgan fingerprint density at radius 2 is 1.92 bits per heavy atom. The number of hydrogen-bond acceptors (Lipinski definition) is 6. The molecule has 1 atom stereocenters. The molecule has 0 fully saturated rings. The van der Waals surface area contributed by atoms with E-state index in [0.717, 1.165) is 35.8 Å². The zero-order chi connectivity index (χ0) is 27.0. The number of nitrogens with one attached hydrogen (secondary N) is 1. The van der Waals surface area contributed by atoms with Crippen LogP contribution in [0.3, 0.4) is 0 Å². The molecule has 38 heavy (non-hydrogen) atoms. The second-order valence-electron chi connectivity index (χ2n) is 10.7. The summed E-state index contributed by atoms with van der Waals surface area (Å²) < 4.78 is 10.9. The van der Waals surface area contributed by atoms with Gasteiger partial charge in [0, 0.05) is 21.9 Å². The maximum atomic E-state index is 13.8. The molecule has 0 radical (unpaired) electrons. The first-order valence-electron chi connectivity index (χ1n) is 12.7. The van der Waals surface area contributed by atoms with E-state index in [4.69, 9.17) is 14.5 Å². The number of thiophene rings is 1. The molecule has 1 unspecified atom stereocenters. The van der Waals surface area contributed by atoms with Crippen molar-refractivity contribution in [1.29, 1.82) is 5.26 Å². The number of rotatable bonds is 5. The molecule has 2 heterocycles. The molecule has 5 rings (SSSR count). The van der Waals surface area contributed by atoms with E-state index in [0.29, 0.717) is 44.8 Å². The number of amides is 1. The number of pyridine rings is 1. The Balaban J connectivity index is 1.55. The molecule has 0 saturated carbocycles. The molecular weight excluding hydrogens is 494 g/mol. The summed E-state index contributed by atoms with van der Waals surface area (Å²) in [6.07, 6.45) is 2.86. The number of carbonyl (C=O) groups is 1. The number of para-hydroxylation sites is 1. The Labute approximate surface area is 227 Å². The number of nitriles is 1. The van der Waals surface area contributed by atoms with Crippen LogP contribution in [0.25, 0.3) is 22.2 Å². The van der Waals surface area contributed by atoms with Crippen molar-refractivity contribution in [2.45, 2.75) is 40.0 Å². The highest BCUT2D eigenvalue weighted by atomic mass is 32.1. The van der Waals surface area contributed by atoms with Crippen LogP contribution in [0.2, 0.25) is 0 Å². The number of anilines is 1. The summed E-state index contributed by atoms with van der Waals surface area (Å²) in [5.74, 6) is 1.56. The fraction of sp³-hybridized carbons (Fsp3) is 0.323. The van der Waals surface area contributed by atoms with Gasteiger partial charge in [0.2, 0.25) is 0 Å². The molecule has 0 bridgehead atoms. The summed E-state index contributed by atoms with van der Waals surface area (Å²) >= 11 is 1.54. The highest BCUT2D eigenvalue weighted by molar-refractivity contribution is 7.16. The monoisotopic (exact) mass is 525 g/mol. The molecule has 2 aromatic carbocycles. The van der Waals surface area contributed by atoms with Crippen LogP contribution in [0, 0.1) is 22.7 Å². The van der Waals surface area contributed by atoms with Crippen molar-refractivity contribution < 1.29 is 14.3 Å². The Morgan fingerprint density at radius 1 is 1.13 bits per heavy atom. The number of ether oxygens (including phenoxy) is 2. The van der Waals surface area contributed by atoms with Crippen LogP contribution >= 0.6 is 11.3 Å². The lowest BCUT2D eigenvalue weighted by Gasteiger charge is -2.33. The fourth-order valence-corrected chi connectivity index (χ4v) is 6.49. The molecule has 1 N–H and O–H groups in total. The average molecular weight is 526 g/mol. The quantitative estimate of drug-likeness (QED) is 0.297. The number of aromatic nitrogens is 1. The van der Waals surface area contributed by atoms with Crippen molar-refractivity contribution in [3.05, 3.63) is 70.1 Å². The van der Waals surface area contributed by atoms with Crippen LogP contribution in [0.1, 0.15) is 53.6 Å². The van der Waals surface area contributed by atoms with Crippen molar-refractivity contribution >= 4 is 33.1 Å². The first-order valence-corrected chi connectivity index (χ1v) is 13.5. The van der Waals surface area contributed by atoms with Gasteiger partial charge in [-0.25, -0.2) is 4.98 Å². The Hall–Kier alpha value is -3.89. The third-order valence-corrected chi connectivity index (χ3v) is 8.64. The first kappa shape index (κ1) is 25.7. The summed E-state index contributed by atoms with van der Waals surface area (Å²) in [5.41, 5.74) is 4.46. The van der Waals surface area contributed by atoms with Gasteiger partial charge in [-0.2, -0.15) is 5.26 Å². The number of carbonyl (C=O) groups excluding carboxylic acids is 1. The summed E-state index contributed by atoms with van der Waals surface area (Å²) in [6.45, 7) is 6.82. The van der Waals surface area contributed by atoms with Gasteiger partial charge in [-0.15, -0.1) is 11.3 Å². The van der Waals surface area contributed by atoms with Gasteiger partial charge >= 0.3 is 0 Å². The van der Waals surface area contributed by atoms with E-state index in [1.165, 1.54) is 4.88 Å². The lowest BCUT2D eigenvalue weighted by molar-refractivity contribution is 0.102. The van der Waals surface area contributed by atoms with Gasteiger partial charge < -0.3 is 14.8 Å². The van der Waals surface area contributed by atoms with Gasteiger partial charge in [0.1, 0.15) is 22.6 Å². The topological polar surface area (TPSA) is 84.2 Å². The highest BCUT2D eigenvalue weighted by Gasteiger charge is 2.32. The minimum atomic E-state index is -0.264. The lowest BCUT2D eigenvalue weighted by Crippen LogP contribution is -2.26. The van der Waals surface area contributed by atoms with Crippen molar-refractivity contribution in [1.82, 2.24) is 4.98 Å². The van der Waals surface area contributed by atoms with E-state index in [9.17, 15) is 10.1 Å². The maximum absolute atomic E-state index is 13.8. The van der Waals surface area contributed by atoms with Crippen molar-refractivity contribution in [2.24, 2.45) is 11.3 Å². The van der Waals surface area contributed by atoms with Gasteiger partial charge in [-0.1, -0.05) is 39.0 Å². The minimum Gasteiger partial charge on any atom is -0.497 e. The zero-order valence-corrected chi connectivity index (χ0v) is 23.2. The summed E-state index contributed by atoms with van der Waals surface area (Å²) in [5, 5.41) is 14.5. The predicted octanol–water partition coefficient (Wildman–Crippen LogP) is 7.26. The third kappa shape index (κ3) is 4.72. The molecule has 6 nitrogen and oxygen atoms in total. The number of hydrogen-bond donors (Lipinski definition) is 1. The highest BCUT2D eigenvalue weighted by Crippen LogP contribution is 2.44. The standard InChI is InChI=1S/C31H31N3O3S/c1-31(2,3)18-10-12-21-24(17-32)30(38-28(21)14-18)34-29(35)23-16-26(33-25-9-7-6-8-20(23)25)22-13-11-19(36-4)15-27(22)37-5/h6-9,11,13,15-16,18H,10,12,14H2,1-5H3,(H,34,35). The second-order valence-corrected chi connectivity index (χ2v) is 11.8. The van der Waals surface area contributed by atoms with Crippen LogP contribution in [0.4, 0.5) is 5.00 Å². The maximum Gasteiger partial charge on any atom is 0.257 e. The largest absolute Gasteiger partial charge is 0.497 e. The molecular formula is C31H31N3O3S. The van der Waals surface area contributed by atoms with Crippen LogP contribution in [-0.2, 0) is 12.8 Å². The first-order chi connectivity index (χ1) is 18.2. The van der Waals surface area contributed by atoms with Gasteiger partial charge in [0.15, 0.2) is 0 Å². The van der Waals surface area contributed by atoms with Gasteiger partial charge in [-0.05, 0) is 60.4 Å². The van der Waals surface area contributed by atoms with Crippen LogP contribution in [0.5, 0.6) is 11.5 Å². The molecule has 0 spiro atoms. The van der Waals surface area contributed by atoms with Crippen molar-refractivity contribution in [3.8, 4) is 28.8 Å². The van der Waals surface area contributed by atoms with E-state index in [1.807, 2.05) is 36.4 Å². The molecule has 194 valence electrons. The Kier molecular flexibility index (Phi) is 6.85. The predicted molar refractivity (Wildman–Crippen MR) is 152 cm³/mol. The Morgan fingerprint density at radius 3 is 2.63 bits per heavy atom. The van der Waals surface area contributed by atoms with E-state index in [2.05, 4.69) is 32.2 Å². The summed E-state index contributed by atoms with van der Waals surface area (Å²) in [7, 11) is 3.20. The molecule has 4 aromatic rings. The van der Waals surface area contributed by atoms with Crippen LogP contribution in [-0.4, -0.2) is 25.1 Å². The van der Waals surface area contributed by atoms with E-state index < -0.39 is 0 Å². The van der Waals surface area contributed by atoms with Crippen LogP contribution < -0.4 is 14.8 Å². The molecule has 1 aliphatic rings. The summed E-state index contributed by atoms with van der Waals surface area (Å²) in [6, 6.07) is 17.3. The Bertz CT molecular complexity index is 1580. The molecule has 2 aromatic heterocycles. The fourth-order valence-electron chi connectivity index (χ4n) is 5.21. The van der Waals surface area contributed by atoms with Gasteiger partial charge in [-0.3, -0.25) is 4.79 Å². The minimum absolute atomic E-state index is 0.201. The van der Waals surface area contributed by atoms with E-state index >= 15 is 0 Å². The number of methoxy groups -OCH3 is 2. The molecule has 0 saturated heterocycles. The lowest BCUT2D eigenvalue weighted by atomic mass is 9.72. The van der Waals surface area contributed by atoms with Crippen LogP contribution in [0.15, 0.2) is 48.5 Å². The van der Waals surface area contributed by atoms with Gasteiger partial charge in [0.05, 0.1) is 36.6 Å². The third-order valence-electron chi connectivity index (χ3n) is 7.47. The number of benzene rings is 2. The molecule has 7 heteroatoms. The number of fused-ring (bicyclic) bond motifs is 2. The zero-order valence-electron chi connectivity index (χ0n) is 22.3. The van der Waals surface area contributed by atoms with E-state index in [-0.39, 0.29) is 11.3 Å². The molecule has 1 amide bonds. The van der Waals surface area contributed by atoms with Crippen molar-refractivity contribution in [2.75, 3.05) is 19.5 Å². The average Bonchev–Trinajstić information content (AvgIpc) is 3.27. The number of nitrogens with zero attached hydrogens (tertiary/aromatic N) is 2. The van der Waals surface area contributed by atoms with Gasteiger partial charge in [0.25, 0.3) is 5.91 Å². The SMILES string of the molecule is COc1ccc(-c2cc(C(=O)Nc3sc4c(c3C#N)CCC(C(C)(C)C)C4)c3ccccc3n2)c(OC)c1.